The molecule has 3 rings (SSSR count). The van der Waals surface area contributed by atoms with Crippen molar-refractivity contribution in [2.75, 3.05) is 13.4 Å². The summed E-state index contributed by atoms with van der Waals surface area (Å²) in [6, 6.07) is 10.3. The van der Waals surface area contributed by atoms with Crippen LogP contribution < -0.4 is 9.47 Å². The quantitative estimate of drug-likeness (QED) is 0.765. The molecule has 0 amide bonds. The van der Waals surface area contributed by atoms with Gasteiger partial charge in [0.2, 0.25) is 0 Å². The molecule has 2 aromatic carbocycles. The van der Waals surface area contributed by atoms with Gasteiger partial charge in [0.1, 0.15) is 18.1 Å². The van der Waals surface area contributed by atoms with E-state index in [1.807, 2.05) is 6.92 Å². The molecule has 1 aliphatic heterocycles. The molecule has 0 bridgehead atoms. The summed E-state index contributed by atoms with van der Waals surface area (Å²) in [5.41, 5.74) is 2.03. The maximum atomic E-state index is 12.2. The highest BCUT2D eigenvalue weighted by Gasteiger charge is 2.18. The number of rotatable bonds is 5. The van der Waals surface area contributed by atoms with Crippen molar-refractivity contribution in [1.29, 1.82) is 0 Å². The van der Waals surface area contributed by atoms with Crippen LogP contribution in [0, 0.1) is 0 Å². The molecular formula is C18H17ClO5. The van der Waals surface area contributed by atoms with E-state index < -0.39 is 5.97 Å². The van der Waals surface area contributed by atoms with Crippen LogP contribution >= 0.6 is 11.6 Å². The smallest absolute Gasteiger partial charge is 0.338 e. The third-order valence-electron chi connectivity index (χ3n) is 3.51. The zero-order valence-electron chi connectivity index (χ0n) is 13.2. The largest absolute Gasteiger partial charge is 0.494 e. The van der Waals surface area contributed by atoms with E-state index in [0.717, 1.165) is 11.1 Å². The monoisotopic (exact) mass is 348 g/mol. The summed E-state index contributed by atoms with van der Waals surface area (Å²) in [5, 5.41) is 0.551. The Labute approximate surface area is 145 Å². The molecule has 0 atom stereocenters. The standard InChI is InChI=1S/C18H17ClO5/c1-2-22-16-5-3-12(4-6-16)18(20)23-10-14-8-15(19)7-13-9-21-11-24-17(13)14/h3-8H,2,9-11H2,1H3. The Morgan fingerprint density at radius 2 is 2.04 bits per heavy atom. The number of esters is 1. The average molecular weight is 349 g/mol. The van der Waals surface area contributed by atoms with Crippen molar-refractivity contribution in [3.63, 3.8) is 0 Å². The normalized spacial score (nSPS) is 12.9. The molecule has 0 fully saturated rings. The zero-order valence-corrected chi connectivity index (χ0v) is 14.0. The van der Waals surface area contributed by atoms with Gasteiger partial charge in [0.05, 0.1) is 18.8 Å². The predicted molar refractivity (Wildman–Crippen MR) is 88.5 cm³/mol. The number of carbonyl (C=O) groups excluding carboxylic acids is 1. The first-order valence-corrected chi connectivity index (χ1v) is 7.97. The van der Waals surface area contributed by atoms with Crippen LogP contribution in [-0.4, -0.2) is 19.4 Å². The SMILES string of the molecule is CCOc1ccc(C(=O)OCc2cc(Cl)cc3c2OCOC3)cc1. The van der Waals surface area contributed by atoms with Crippen molar-refractivity contribution in [3.8, 4) is 11.5 Å². The average Bonchev–Trinajstić information content (AvgIpc) is 2.60. The Bertz CT molecular complexity index is 727. The van der Waals surface area contributed by atoms with Gasteiger partial charge in [-0.05, 0) is 43.3 Å². The van der Waals surface area contributed by atoms with E-state index in [2.05, 4.69) is 0 Å². The lowest BCUT2D eigenvalue weighted by Gasteiger charge is -2.21. The van der Waals surface area contributed by atoms with Crippen molar-refractivity contribution < 1.29 is 23.7 Å². The Hall–Kier alpha value is -2.24. The topological polar surface area (TPSA) is 54.0 Å². The molecule has 2 aromatic rings. The van der Waals surface area contributed by atoms with Crippen molar-refractivity contribution >= 4 is 17.6 Å². The van der Waals surface area contributed by atoms with E-state index in [4.69, 9.17) is 30.5 Å². The van der Waals surface area contributed by atoms with Gasteiger partial charge in [-0.2, -0.15) is 0 Å². The van der Waals surface area contributed by atoms with Crippen molar-refractivity contribution in [3.05, 3.63) is 58.1 Å². The minimum Gasteiger partial charge on any atom is -0.494 e. The van der Waals surface area contributed by atoms with Crippen LogP contribution in [0.25, 0.3) is 0 Å². The van der Waals surface area contributed by atoms with Gasteiger partial charge >= 0.3 is 5.97 Å². The summed E-state index contributed by atoms with van der Waals surface area (Å²) < 4.78 is 21.5. The van der Waals surface area contributed by atoms with Crippen LogP contribution in [0.15, 0.2) is 36.4 Å². The molecule has 0 aliphatic carbocycles. The Balaban J connectivity index is 1.69. The van der Waals surface area contributed by atoms with Gasteiger partial charge in [0.25, 0.3) is 0 Å². The van der Waals surface area contributed by atoms with E-state index in [-0.39, 0.29) is 13.4 Å². The number of fused-ring (bicyclic) bond motifs is 1. The van der Waals surface area contributed by atoms with Crippen LogP contribution in [0.4, 0.5) is 0 Å². The first kappa shape index (κ1) is 16.6. The minimum atomic E-state index is -0.418. The Morgan fingerprint density at radius 1 is 1.25 bits per heavy atom. The van der Waals surface area contributed by atoms with Gasteiger partial charge in [-0.25, -0.2) is 4.79 Å². The first-order chi connectivity index (χ1) is 11.7. The molecule has 0 unspecified atom stereocenters. The van der Waals surface area contributed by atoms with Crippen molar-refractivity contribution in [2.24, 2.45) is 0 Å². The lowest BCUT2D eigenvalue weighted by molar-refractivity contribution is -0.0180. The molecule has 0 saturated carbocycles. The highest BCUT2D eigenvalue weighted by molar-refractivity contribution is 6.30. The van der Waals surface area contributed by atoms with Crippen LogP contribution in [-0.2, 0) is 22.7 Å². The fraction of sp³-hybridized carbons (Fsp3) is 0.278. The summed E-state index contributed by atoms with van der Waals surface area (Å²) in [6.07, 6.45) is 0. The van der Waals surface area contributed by atoms with Gasteiger partial charge < -0.3 is 18.9 Å². The number of hydrogen-bond donors (Lipinski definition) is 0. The molecule has 6 heteroatoms. The van der Waals surface area contributed by atoms with Gasteiger partial charge in [0.15, 0.2) is 6.79 Å². The summed E-state index contributed by atoms with van der Waals surface area (Å²) in [6.45, 7) is 3.16. The molecule has 5 nitrogen and oxygen atoms in total. The fourth-order valence-electron chi connectivity index (χ4n) is 2.44. The predicted octanol–water partition coefficient (Wildman–Crippen LogP) is 3.96. The maximum absolute atomic E-state index is 12.2. The highest BCUT2D eigenvalue weighted by Crippen LogP contribution is 2.32. The second kappa shape index (κ2) is 7.55. The van der Waals surface area contributed by atoms with Gasteiger partial charge in [-0.3, -0.25) is 0 Å². The Kier molecular flexibility index (Phi) is 5.23. The van der Waals surface area contributed by atoms with E-state index in [0.29, 0.717) is 35.3 Å². The van der Waals surface area contributed by atoms with Crippen molar-refractivity contribution in [1.82, 2.24) is 0 Å². The minimum absolute atomic E-state index is 0.0783. The van der Waals surface area contributed by atoms with E-state index in [1.54, 1.807) is 36.4 Å². The molecule has 0 aromatic heterocycles. The summed E-state index contributed by atoms with van der Waals surface area (Å²) in [4.78, 5) is 12.2. The first-order valence-electron chi connectivity index (χ1n) is 7.59. The maximum Gasteiger partial charge on any atom is 0.338 e. The highest BCUT2D eigenvalue weighted by atomic mass is 35.5. The number of carbonyl (C=O) groups is 1. The number of benzene rings is 2. The molecule has 0 spiro atoms. The lowest BCUT2D eigenvalue weighted by Crippen LogP contribution is -2.14. The van der Waals surface area contributed by atoms with Crippen LogP contribution in [0.2, 0.25) is 5.02 Å². The summed E-state index contributed by atoms with van der Waals surface area (Å²) in [7, 11) is 0. The molecule has 1 heterocycles. The molecule has 0 radical (unpaired) electrons. The van der Waals surface area contributed by atoms with Gasteiger partial charge in [-0.1, -0.05) is 11.6 Å². The number of ether oxygens (including phenoxy) is 4. The number of halogens is 1. The second-order valence-electron chi connectivity index (χ2n) is 5.20. The third-order valence-corrected chi connectivity index (χ3v) is 3.73. The van der Waals surface area contributed by atoms with E-state index >= 15 is 0 Å². The zero-order chi connectivity index (χ0) is 16.9. The van der Waals surface area contributed by atoms with Crippen molar-refractivity contribution in [2.45, 2.75) is 20.1 Å². The van der Waals surface area contributed by atoms with E-state index in [9.17, 15) is 4.79 Å². The molecule has 1 aliphatic rings. The molecule has 126 valence electrons. The molecule has 0 saturated heterocycles. The van der Waals surface area contributed by atoms with Crippen LogP contribution in [0.3, 0.4) is 0 Å². The van der Waals surface area contributed by atoms with Gasteiger partial charge in [-0.15, -0.1) is 0 Å². The molecule has 24 heavy (non-hydrogen) atoms. The Morgan fingerprint density at radius 3 is 2.79 bits per heavy atom. The molecule has 0 N–H and O–H groups in total. The van der Waals surface area contributed by atoms with E-state index in [1.165, 1.54) is 0 Å². The summed E-state index contributed by atoms with van der Waals surface area (Å²) >= 11 is 6.10. The lowest BCUT2D eigenvalue weighted by atomic mass is 10.1. The third kappa shape index (κ3) is 3.80. The van der Waals surface area contributed by atoms with Crippen LogP contribution in [0.5, 0.6) is 11.5 Å². The number of hydrogen-bond acceptors (Lipinski definition) is 5. The summed E-state index contributed by atoms with van der Waals surface area (Å²) in [5.74, 6) is 0.968. The fourth-order valence-corrected chi connectivity index (χ4v) is 2.71. The second-order valence-corrected chi connectivity index (χ2v) is 5.63. The molecular weight excluding hydrogens is 332 g/mol. The van der Waals surface area contributed by atoms with Gasteiger partial charge in [0, 0.05) is 16.1 Å². The van der Waals surface area contributed by atoms with Crippen LogP contribution in [0.1, 0.15) is 28.4 Å².